The summed E-state index contributed by atoms with van der Waals surface area (Å²) in [5, 5.41) is 0. The SMILES string of the molecule is CCCc1ccc(O[Si]C)c(O[Si]C)c1. The van der Waals surface area contributed by atoms with Crippen molar-refractivity contribution < 1.29 is 8.85 Å². The van der Waals surface area contributed by atoms with E-state index in [2.05, 4.69) is 19.1 Å². The minimum atomic E-state index is 0.457. The molecule has 4 heteroatoms. The second-order valence-corrected chi connectivity index (χ2v) is 4.37. The molecule has 0 amide bonds. The van der Waals surface area contributed by atoms with E-state index in [1.54, 1.807) is 0 Å². The van der Waals surface area contributed by atoms with Crippen LogP contribution in [-0.2, 0) is 6.42 Å². The molecule has 4 radical (unpaired) electrons. The van der Waals surface area contributed by atoms with Crippen LogP contribution in [0.4, 0.5) is 0 Å². The summed E-state index contributed by atoms with van der Waals surface area (Å²) in [7, 11) is 0.914. The van der Waals surface area contributed by atoms with Gasteiger partial charge in [0.2, 0.25) is 0 Å². The molecular formula is C11H16O2Si2. The van der Waals surface area contributed by atoms with E-state index in [4.69, 9.17) is 8.85 Å². The molecule has 80 valence electrons. The van der Waals surface area contributed by atoms with E-state index in [0.29, 0.717) is 19.5 Å². The Kier molecular flexibility index (Phi) is 5.49. The van der Waals surface area contributed by atoms with Gasteiger partial charge in [-0.2, -0.15) is 0 Å². The van der Waals surface area contributed by atoms with Gasteiger partial charge in [0.05, 0.1) is 0 Å². The van der Waals surface area contributed by atoms with Gasteiger partial charge in [-0.25, -0.2) is 0 Å². The van der Waals surface area contributed by atoms with Gasteiger partial charge in [0, 0.05) is 0 Å². The zero-order valence-corrected chi connectivity index (χ0v) is 11.5. The Hall–Kier alpha value is -0.746. The van der Waals surface area contributed by atoms with Gasteiger partial charge in [0.15, 0.2) is 0 Å². The molecule has 0 aliphatic carbocycles. The van der Waals surface area contributed by atoms with Crippen LogP contribution in [0.15, 0.2) is 18.2 Å². The summed E-state index contributed by atoms with van der Waals surface area (Å²) >= 11 is 0. The molecule has 15 heavy (non-hydrogen) atoms. The molecule has 0 spiro atoms. The Morgan fingerprint density at radius 3 is 2.33 bits per heavy atom. The predicted octanol–water partition coefficient (Wildman–Crippen LogP) is 2.73. The molecule has 0 unspecified atom stereocenters. The number of rotatable bonds is 6. The molecule has 1 rings (SSSR count). The topological polar surface area (TPSA) is 18.5 Å². The van der Waals surface area contributed by atoms with Gasteiger partial charge >= 0.3 is 19.5 Å². The van der Waals surface area contributed by atoms with E-state index in [9.17, 15) is 0 Å². The summed E-state index contributed by atoms with van der Waals surface area (Å²) < 4.78 is 11.1. The average molecular weight is 236 g/mol. The van der Waals surface area contributed by atoms with Crippen molar-refractivity contribution in [1.29, 1.82) is 0 Å². The van der Waals surface area contributed by atoms with Crippen LogP contribution >= 0.6 is 0 Å². The Balaban J connectivity index is 2.87. The maximum absolute atomic E-state index is 5.58. The summed E-state index contributed by atoms with van der Waals surface area (Å²) in [6, 6.07) is 6.22. The van der Waals surface area contributed by atoms with E-state index in [0.717, 1.165) is 24.3 Å². The molecule has 0 atom stereocenters. The van der Waals surface area contributed by atoms with Crippen LogP contribution in [0, 0.1) is 0 Å². The monoisotopic (exact) mass is 236 g/mol. The first-order chi connectivity index (χ1) is 7.31. The molecule has 0 N–H and O–H groups in total. The van der Waals surface area contributed by atoms with Gasteiger partial charge < -0.3 is 8.85 Å². The molecule has 1 aromatic rings. The zero-order valence-electron chi connectivity index (χ0n) is 9.46. The minimum Gasteiger partial charge on any atom is -0.539 e. The zero-order chi connectivity index (χ0) is 11.1. The normalized spacial score (nSPS) is 10.1. The van der Waals surface area contributed by atoms with Crippen molar-refractivity contribution in [3.63, 3.8) is 0 Å². The molecule has 0 aromatic heterocycles. The fourth-order valence-electron chi connectivity index (χ4n) is 1.38. The fraction of sp³-hybridized carbons (Fsp3) is 0.455. The second kappa shape index (κ2) is 6.69. The van der Waals surface area contributed by atoms with Gasteiger partial charge in [-0.15, -0.1) is 0 Å². The largest absolute Gasteiger partial charge is 0.539 e. The maximum atomic E-state index is 5.58. The van der Waals surface area contributed by atoms with Gasteiger partial charge in [0.25, 0.3) is 0 Å². The highest BCUT2D eigenvalue weighted by Crippen LogP contribution is 2.28. The van der Waals surface area contributed by atoms with Crippen LogP contribution in [0.2, 0.25) is 13.1 Å². The van der Waals surface area contributed by atoms with Crippen molar-refractivity contribution >= 4 is 19.5 Å². The molecule has 0 bridgehead atoms. The minimum absolute atomic E-state index is 0.457. The summed E-state index contributed by atoms with van der Waals surface area (Å²) in [5.41, 5.74) is 1.32. The molecule has 0 aliphatic rings. The van der Waals surface area contributed by atoms with Crippen LogP contribution in [0.5, 0.6) is 11.5 Å². The van der Waals surface area contributed by atoms with E-state index in [1.165, 1.54) is 5.56 Å². The first kappa shape index (κ1) is 12.3. The van der Waals surface area contributed by atoms with E-state index in [-0.39, 0.29) is 0 Å². The van der Waals surface area contributed by atoms with Gasteiger partial charge in [-0.05, 0) is 37.2 Å². The highest BCUT2D eigenvalue weighted by atomic mass is 28.2. The highest BCUT2D eigenvalue weighted by molar-refractivity contribution is 6.27. The molecule has 0 saturated heterocycles. The molecule has 0 saturated carbocycles. The third kappa shape index (κ3) is 3.72. The smallest absolute Gasteiger partial charge is 0.307 e. The number of hydrogen-bond donors (Lipinski definition) is 0. The summed E-state index contributed by atoms with van der Waals surface area (Å²) in [5.74, 6) is 1.75. The van der Waals surface area contributed by atoms with Gasteiger partial charge in [-0.1, -0.05) is 19.4 Å². The number of hydrogen-bond acceptors (Lipinski definition) is 2. The third-order valence-corrected chi connectivity index (χ3v) is 2.82. The van der Waals surface area contributed by atoms with Crippen LogP contribution in [0.25, 0.3) is 0 Å². The van der Waals surface area contributed by atoms with Gasteiger partial charge in [0.1, 0.15) is 11.5 Å². The van der Waals surface area contributed by atoms with Gasteiger partial charge in [-0.3, -0.25) is 0 Å². The lowest BCUT2D eigenvalue weighted by atomic mass is 10.1. The lowest BCUT2D eigenvalue weighted by Crippen LogP contribution is -2.02. The second-order valence-electron chi connectivity index (χ2n) is 3.14. The first-order valence-electron chi connectivity index (χ1n) is 5.12. The molecule has 0 heterocycles. The summed E-state index contributed by atoms with van der Waals surface area (Å²) in [6.07, 6.45) is 2.25. The first-order valence-corrected chi connectivity index (χ1v) is 7.93. The van der Waals surface area contributed by atoms with Crippen molar-refractivity contribution in [2.45, 2.75) is 32.9 Å². The van der Waals surface area contributed by atoms with Crippen LogP contribution < -0.4 is 8.85 Å². The Bertz CT molecular complexity index is 303. The van der Waals surface area contributed by atoms with E-state index < -0.39 is 0 Å². The number of benzene rings is 1. The Morgan fingerprint density at radius 2 is 1.73 bits per heavy atom. The highest BCUT2D eigenvalue weighted by Gasteiger charge is 2.05. The van der Waals surface area contributed by atoms with E-state index >= 15 is 0 Å². The van der Waals surface area contributed by atoms with Crippen LogP contribution in [0.1, 0.15) is 18.9 Å². The lowest BCUT2D eigenvalue weighted by Gasteiger charge is -2.12. The fourth-order valence-corrected chi connectivity index (χ4v) is 2.15. The summed E-state index contributed by atoms with van der Waals surface area (Å²) in [4.78, 5) is 0. The average Bonchev–Trinajstić information content (AvgIpc) is 2.23. The Labute approximate surface area is 96.9 Å². The predicted molar refractivity (Wildman–Crippen MR) is 64.9 cm³/mol. The van der Waals surface area contributed by atoms with Crippen molar-refractivity contribution in [3.8, 4) is 11.5 Å². The third-order valence-electron chi connectivity index (χ3n) is 1.97. The van der Waals surface area contributed by atoms with Crippen molar-refractivity contribution in [1.82, 2.24) is 0 Å². The van der Waals surface area contributed by atoms with Crippen LogP contribution in [0.3, 0.4) is 0 Å². The molecular weight excluding hydrogens is 220 g/mol. The molecule has 0 aliphatic heterocycles. The number of aryl methyl sites for hydroxylation is 1. The standard InChI is InChI=1S/C11H16O2Si2/c1-4-5-9-6-7-10(12-14-2)11(8-9)13-15-3/h6-8H,4-5H2,1-3H3. The lowest BCUT2D eigenvalue weighted by molar-refractivity contribution is 0.525. The van der Waals surface area contributed by atoms with Crippen molar-refractivity contribution in [2.24, 2.45) is 0 Å². The quantitative estimate of drug-likeness (QED) is 0.707. The Morgan fingerprint density at radius 1 is 1.07 bits per heavy atom. The van der Waals surface area contributed by atoms with Crippen LogP contribution in [-0.4, -0.2) is 19.5 Å². The maximum Gasteiger partial charge on any atom is 0.307 e. The molecule has 0 fully saturated rings. The van der Waals surface area contributed by atoms with Crippen molar-refractivity contribution in [3.05, 3.63) is 23.8 Å². The molecule has 1 aromatic carbocycles. The van der Waals surface area contributed by atoms with E-state index in [1.807, 2.05) is 19.2 Å². The molecule has 2 nitrogen and oxygen atoms in total. The van der Waals surface area contributed by atoms with Crippen molar-refractivity contribution in [2.75, 3.05) is 0 Å². The summed E-state index contributed by atoms with van der Waals surface area (Å²) in [6.45, 7) is 6.21.